The van der Waals surface area contributed by atoms with Crippen molar-refractivity contribution in [3.05, 3.63) is 224 Å². The van der Waals surface area contributed by atoms with E-state index in [1.807, 2.05) is 0 Å². The summed E-state index contributed by atoms with van der Waals surface area (Å²) in [5, 5.41) is 14.7. The smallest absolute Gasteiger partial charge is 0.161 e. The van der Waals surface area contributed by atoms with E-state index in [9.17, 15) is 0 Å². The van der Waals surface area contributed by atoms with Crippen molar-refractivity contribution in [1.29, 1.82) is 0 Å². The standard InChI is InChI=1S/C60H37N3/c1-2-20-42(21-3-1)63-56-31-13-12-28-51(56)58-57-48-26-10-8-24-45(48)52(36-53(57)46-25-9-11-27-49(46)59(58)63)40-32-34-41(35-33-40)54-37-55(47-29-14-18-38-16-4-6-22-43(38)47)62-60(61-54)50-30-15-19-39-17-5-7-23-44(39)50/h1-37H. The highest BCUT2D eigenvalue weighted by atomic mass is 15.0. The van der Waals surface area contributed by atoms with Gasteiger partial charge >= 0.3 is 0 Å². The average Bonchev–Trinajstić information content (AvgIpc) is 3.71. The molecule has 0 bridgehead atoms. The molecule has 0 aliphatic heterocycles. The van der Waals surface area contributed by atoms with E-state index < -0.39 is 0 Å². The van der Waals surface area contributed by atoms with Gasteiger partial charge in [-0.15, -0.1) is 0 Å². The molecule has 0 saturated heterocycles. The second-order valence-corrected chi connectivity index (χ2v) is 16.4. The second kappa shape index (κ2) is 14.1. The van der Waals surface area contributed by atoms with Crippen LogP contribution in [-0.2, 0) is 0 Å². The summed E-state index contributed by atoms with van der Waals surface area (Å²) >= 11 is 0. The summed E-state index contributed by atoms with van der Waals surface area (Å²) in [5.74, 6) is 0.712. The summed E-state index contributed by atoms with van der Waals surface area (Å²) in [6, 6.07) is 81.0. The number of para-hydroxylation sites is 2. The van der Waals surface area contributed by atoms with E-state index in [-0.39, 0.29) is 0 Å². The van der Waals surface area contributed by atoms with Gasteiger partial charge in [0.1, 0.15) is 0 Å². The van der Waals surface area contributed by atoms with Crippen molar-refractivity contribution in [2.24, 2.45) is 0 Å². The molecule has 0 unspecified atom stereocenters. The zero-order valence-corrected chi connectivity index (χ0v) is 34.2. The van der Waals surface area contributed by atoms with Crippen LogP contribution in [-0.4, -0.2) is 14.5 Å². The minimum absolute atomic E-state index is 0.712. The van der Waals surface area contributed by atoms with Gasteiger partial charge in [0.2, 0.25) is 0 Å². The van der Waals surface area contributed by atoms with Crippen molar-refractivity contribution in [1.82, 2.24) is 14.5 Å². The third kappa shape index (κ3) is 5.53. The van der Waals surface area contributed by atoms with Gasteiger partial charge in [0.05, 0.1) is 22.4 Å². The molecule has 0 aliphatic carbocycles. The Bertz CT molecular complexity index is 3850. The van der Waals surface area contributed by atoms with E-state index in [1.54, 1.807) is 0 Å². The van der Waals surface area contributed by atoms with E-state index in [4.69, 9.17) is 9.97 Å². The summed E-state index contributed by atoms with van der Waals surface area (Å²) in [6.45, 7) is 0. The zero-order chi connectivity index (χ0) is 41.4. The summed E-state index contributed by atoms with van der Waals surface area (Å²) in [6.07, 6.45) is 0. The van der Waals surface area contributed by atoms with Crippen LogP contribution >= 0.6 is 0 Å². The molecule has 13 rings (SSSR count). The quantitative estimate of drug-likeness (QED) is 0.162. The van der Waals surface area contributed by atoms with Crippen LogP contribution in [0.1, 0.15) is 0 Å². The molecule has 0 N–H and O–H groups in total. The van der Waals surface area contributed by atoms with E-state index in [2.05, 4.69) is 229 Å². The normalized spacial score (nSPS) is 11.8. The number of hydrogen-bond acceptors (Lipinski definition) is 2. The molecule has 3 nitrogen and oxygen atoms in total. The summed E-state index contributed by atoms with van der Waals surface area (Å²) in [7, 11) is 0. The van der Waals surface area contributed by atoms with Crippen LogP contribution in [0.4, 0.5) is 0 Å². The maximum absolute atomic E-state index is 5.32. The number of benzene rings is 11. The number of nitrogens with zero attached hydrogens (tertiary/aromatic N) is 3. The first-order chi connectivity index (χ1) is 31.3. The lowest BCUT2D eigenvalue weighted by Gasteiger charge is -2.16. The molecule has 0 radical (unpaired) electrons. The first kappa shape index (κ1) is 35.4. The Kier molecular flexibility index (Phi) is 7.91. The minimum atomic E-state index is 0.712. The van der Waals surface area contributed by atoms with E-state index in [0.717, 1.165) is 50.1 Å². The van der Waals surface area contributed by atoms with Crippen LogP contribution in [0.25, 0.3) is 126 Å². The lowest BCUT2D eigenvalue weighted by atomic mass is 9.88. The highest BCUT2D eigenvalue weighted by Crippen LogP contribution is 2.47. The molecule has 0 aliphatic rings. The van der Waals surface area contributed by atoms with Crippen LogP contribution in [0.2, 0.25) is 0 Å². The molecule has 0 amide bonds. The third-order valence-corrected chi connectivity index (χ3v) is 13.0. The fourth-order valence-corrected chi connectivity index (χ4v) is 10.2. The van der Waals surface area contributed by atoms with E-state index >= 15 is 0 Å². The van der Waals surface area contributed by atoms with E-state index in [0.29, 0.717) is 5.82 Å². The Morgan fingerprint density at radius 2 is 0.841 bits per heavy atom. The number of hydrogen-bond donors (Lipinski definition) is 0. The van der Waals surface area contributed by atoms with Gasteiger partial charge in [-0.05, 0) is 84.5 Å². The van der Waals surface area contributed by atoms with Crippen molar-refractivity contribution < 1.29 is 0 Å². The van der Waals surface area contributed by atoms with E-state index in [1.165, 1.54) is 70.5 Å². The highest BCUT2D eigenvalue weighted by molar-refractivity contribution is 6.38. The number of aromatic nitrogens is 3. The molecule has 63 heavy (non-hydrogen) atoms. The Balaban J connectivity index is 1.03. The molecule has 11 aromatic carbocycles. The van der Waals surface area contributed by atoms with Gasteiger partial charge in [0, 0.05) is 43.9 Å². The maximum atomic E-state index is 5.32. The van der Waals surface area contributed by atoms with Crippen LogP contribution in [0.5, 0.6) is 0 Å². The van der Waals surface area contributed by atoms with Gasteiger partial charge < -0.3 is 4.57 Å². The number of rotatable bonds is 5. The SMILES string of the molecule is c1ccc(-n2c3ccccc3c3c4c5ccccc5c(-c5ccc(-c6cc(-c7cccc8ccccc78)nc(-c7cccc8ccccc78)n6)cc5)cc4c4ccccc4c32)cc1. The molecule has 3 heteroatoms. The van der Waals surface area contributed by atoms with Gasteiger partial charge in [-0.1, -0.05) is 194 Å². The molecule has 0 saturated carbocycles. The molecular formula is C60H37N3. The first-order valence-electron chi connectivity index (χ1n) is 21.6. The molecule has 292 valence electrons. The molecule has 0 fully saturated rings. The Morgan fingerprint density at radius 3 is 1.59 bits per heavy atom. The van der Waals surface area contributed by atoms with Gasteiger partial charge in [-0.25, -0.2) is 9.97 Å². The highest BCUT2D eigenvalue weighted by Gasteiger charge is 2.22. The zero-order valence-electron chi connectivity index (χ0n) is 34.2. The maximum Gasteiger partial charge on any atom is 0.161 e. The van der Waals surface area contributed by atoms with Crippen molar-refractivity contribution in [3.8, 4) is 50.7 Å². The molecule has 2 heterocycles. The van der Waals surface area contributed by atoms with Crippen molar-refractivity contribution in [3.63, 3.8) is 0 Å². The third-order valence-electron chi connectivity index (χ3n) is 13.0. The second-order valence-electron chi connectivity index (χ2n) is 16.4. The fourth-order valence-electron chi connectivity index (χ4n) is 10.2. The van der Waals surface area contributed by atoms with Crippen LogP contribution in [0, 0.1) is 0 Å². The molecule has 2 aromatic heterocycles. The molecule has 0 atom stereocenters. The Labute approximate surface area is 363 Å². The Morgan fingerprint density at radius 1 is 0.302 bits per heavy atom. The molecule has 0 spiro atoms. The topological polar surface area (TPSA) is 30.7 Å². The van der Waals surface area contributed by atoms with Crippen molar-refractivity contribution >= 4 is 75.7 Å². The lowest BCUT2D eigenvalue weighted by Crippen LogP contribution is -1.97. The summed E-state index contributed by atoms with van der Waals surface area (Å²) in [5.41, 5.74) is 10.9. The van der Waals surface area contributed by atoms with Crippen LogP contribution < -0.4 is 0 Å². The Hall–Kier alpha value is -8.40. The van der Waals surface area contributed by atoms with Crippen LogP contribution in [0.3, 0.4) is 0 Å². The largest absolute Gasteiger partial charge is 0.309 e. The fraction of sp³-hybridized carbons (Fsp3) is 0. The summed E-state index contributed by atoms with van der Waals surface area (Å²) in [4.78, 5) is 10.6. The first-order valence-corrected chi connectivity index (χ1v) is 21.6. The predicted octanol–water partition coefficient (Wildman–Crippen LogP) is 16.0. The van der Waals surface area contributed by atoms with Crippen molar-refractivity contribution in [2.75, 3.05) is 0 Å². The monoisotopic (exact) mass is 799 g/mol. The van der Waals surface area contributed by atoms with Gasteiger partial charge in [0.15, 0.2) is 5.82 Å². The molecule has 13 aromatic rings. The van der Waals surface area contributed by atoms with Gasteiger partial charge in [-0.2, -0.15) is 0 Å². The van der Waals surface area contributed by atoms with Crippen molar-refractivity contribution in [2.45, 2.75) is 0 Å². The lowest BCUT2D eigenvalue weighted by molar-refractivity contribution is 1.19. The average molecular weight is 800 g/mol. The summed E-state index contributed by atoms with van der Waals surface area (Å²) < 4.78 is 2.46. The minimum Gasteiger partial charge on any atom is -0.309 e. The predicted molar refractivity (Wildman–Crippen MR) is 266 cm³/mol. The molecular weight excluding hydrogens is 763 g/mol. The van der Waals surface area contributed by atoms with Crippen LogP contribution in [0.15, 0.2) is 224 Å². The van der Waals surface area contributed by atoms with Gasteiger partial charge in [-0.3, -0.25) is 0 Å². The van der Waals surface area contributed by atoms with Gasteiger partial charge in [0.25, 0.3) is 0 Å². The number of fused-ring (bicyclic) bond motifs is 12.